The number of hydrogen-bond donors (Lipinski definition) is 1. The molecule has 3 rings (SSSR count). The maximum atomic E-state index is 12.7. The standard InChI is InChI=1S/C22H25NO5/c1-27-18-11-9-16(10-12-18)14-20-19(21(24)25)8-5-13-23(20)22(26)28-15-17-6-3-2-4-7-17/h2-4,6-7,9-12,19-20H,5,8,13-15H2,1H3,(H,24,25). The van der Waals surface area contributed by atoms with Gasteiger partial charge in [-0.1, -0.05) is 42.5 Å². The molecular weight excluding hydrogens is 358 g/mol. The summed E-state index contributed by atoms with van der Waals surface area (Å²) in [6.07, 6.45) is 1.20. The molecule has 0 aliphatic carbocycles. The van der Waals surface area contributed by atoms with Crippen molar-refractivity contribution in [1.29, 1.82) is 0 Å². The first-order chi connectivity index (χ1) is 13.6. The molecule has 2 atom stereocenters. The van der Waals surface area contributed by atoms with E-state index < -0.39 is 24.0 Å². The van der Waals surface area contributed by atoms with Crippen molar-refractivity contribution in [3.8, 4) is 5.75 Å². The van der Waals surface area contributed by atoms with Crippen LogP contribution in [-0.4, -0.2) is 41.8 Å². The van der Waals surface area contributed by atoms with E-state index in [1.165, 1.54) is 0 Å². The third-order valence-corrected chi connectivity index (χ3v) is 5.14. The molecule has 1 aliphatic rings. The summed E-state index contributed by atoms with van der Waals surface area (Å²) in [4.78, 5) is 26.1. The molecule has 2 unspecified atom stereocenters. The smallest absolute Gasteiger partial charge is 0.410 e. The lowest BCUT2D eigenvalue weighted by molar-refractivity contribution is -0.145. The third-order valence-electron chi connectivity index (χ3n) is 5.14. The van der Waals surface area contributed by atoms with Crippen LogP contribution in [-0.2, 0) is 22.6 Å². The average molecular weight is 383 g/mol. The third kappa shape index (κ3) is 4.82. The van der Waals surface area contributed by atoms with Crippen LogP contribution in [0.2, 0.25) is 0 Å². The fourth-order valence-corrected chi connectivity index (χ4v) is 3.63. The van der Waals surface area contributed by atoms with Gasteiger partial charge in [0.15, 0.2) is 0 Å². The van der Waals surface area contributed by atoms with E-state index in [2.05, 4.69) is 0 Å². The van der Waals surface area contributed by atoms with Gasteiger partial charge in [-0.25, -0.2) is 4.79 Å². The number of piperidine rings is 1. The molecular formula is C22H25NO5. The maximum Gasteiger partial charge on any atom is 0.410 e. The van der Waals surface area contributed by atoms with E-state index in [0.29, 0.717) is 25.8 Å². The lowest BCUT2D eigenvalue weighted by Gasteiger charge is -2.39. The Bertz CT molecular complexity index is 790. The van der Waals surface area contributed by atoms with Crippen molar-refractivity contribution in [2.24, 2.45) is 5.92 Å². The van der Waals surface area contributed by atoms with Gasteiger partial charge >= 0.3 is 12.1 Å². The number of nitrogens with zero attached hydrogens (tertiary/aromatic N) is 1. The lowest BCUT2D eigenvalue weighted by atomic mass is 9.85. The molecule has 0 spiro atoms. The van der Waals surface area contributed by atoms with E-state index >= 15 is 0 Å². The molecule has 1 aliphatic heterocycles. The van der Waals surface area contributed by atoms with Crippen molar-refractivity contribution in [3.05, 3.63) is 65.7 Å². The zero-order chi connectivity index (χ0) is 19.9. The van der Waals surface area contributed by atoms with Gasteiger partial charge in [-0.05, 0) is 42.5 Å². The predicted molar refractivity (Wildman–Crippen MR) is 104 cm³/mol. The monoisotopic (exact) mass is 383 g/mol. The first-order valence-electron chi connectivity index (χ1n) is 9.41. The lowest BCUT2D eigenvalue weighted by Crippen LogP contribution is -2.51. The van der Waals surface area contributed by atoms with Gasteiger partial charge in [0.1, 0.15) is 12.4 Å². The SMILES string of the molecule is COc1ccc(CC2C(C(=O)O)CCCN2C(=O)OCc2ccccc2)cc1. The minimum atomic E-state index is -0.876. The fraction of sp³-hybridized carbons (Fsp3) is 0.364. The Hall–Kier alpha value is -3.02. The van der Waals surface area contributed by atoms with Gasteiger partial charge < -0.3 is 19.5 Å². The fourth-order valence-electron chi connectivity index (χ4n) is 3.63. The number of rotatable bonds is 6. The number of methoxy groups -OCH3 is 1. The topological polar surface area (TPSA) is 76.1 Å². The summed E-state index contributed by atoms with van der Waals surface area (Å²) >= 11 is 0. The van der Waals surface area contributed by atoms with Gasteiger partial charge in [0.05, 0.1) is 19.1 Å². The van der Waals surface area contributed by atoms with Crippen molar-refractivity contribution >= 4 is 12.1 Å². The van der Waals surface area contributed by atoms with Crippen LogP contribution in [0.4, 0.5) is 4.79 Å². The van der Waals surface area contributed by atoms with Crippen molar-refractivity contribution in [3.63, 3.8) is 0 Å². The first kappa shape index (κ1) is 19.7. The Morgan fingerprint density at radius 1 is 1.07 bits per heavy atom. The van der Waals surface area contributed by atoms with Crippen LogP contribution in [0.5, 0.6) is 5.75 Å². The quantitative estimate of drug-likeness (QED) is 0.822. The molecule has 2 aromatic carbocycles. The Morgan fingerprint density at radius 2 is 1.79 bits per heavy atom. The predicted octanol–water partition coefficient (Wildman–Crippen LogP) is 3.74. The average Bonchev–Trinajstić information content (AvgIpc) is 2.73. The normalized spacial score (nSPS) is 19.1. The van der Waals surface area contributed by atoms with Gasteiger partial charge in [-0.2, -0.15) is 0 Å². The van der Waals surface area contributed by atoms with Gasteiger partial charge in [-0.15, -0.1) is 0 Å². The summed E-state index contributed by atoms with van der Waals surface area (Å²) in [6, 6.07) is 16.5. The number of aliphatic carboxylic acids is 1. The minimum Gasteiger partial charge on any atom is -0.497 e. The second-order valence-electron chi connectivity index (χ2n) is 6.94. The number of likely N-dealkylation sites (tertiary alicyclic amines) is 1. The summed E-state index contributed by atoms with van der Waals surface area (Å²) in [5.74, 6) is -0.750. The second kappa shape index (κ2) is 9.26. The van der Waals surface area contributed by atoms with Crippen molar-refractivity contribution < 1.29 is 24.2 Å². The van der Waals surface area contributed by atoms with Crippen LogP contribution in [0.3, 0.4) is 0 Å². The van der Waals surface area contributed by atoms with Crippen LogP contribution in [0.25, 0.3) is 0 Å². The van der Waals surface area contributed by atoms with Gasteiger partial charge in [0.2, 0.25) is 0 Å². The molecule has 0 radical (unpaired) electrons. The summed E-state index contributed by atoms with van der Waals surface area (Å²) in [7, 11) is 1.60. The molecule has 6 heteroatoms. The number of benzene rings is 2. The Kier molecular flexibility index (Phi) is 6.53. The number of hydrogen-bond acceptors (Lipinski definition) is 4. The summed E-state index contributed by atoms with van der Waals surface area (Å²) in [6.45, 7) is 0.668. The summed E-state index contributed by atoms with van der Waals surface area (Å²) < 4.78 is 10.6. The molecule has 2 aromatic rings. The Morgan fingerprint density at radius 3 is 2.43 bits per heavy atom. The zero-order valence-corrected chi connectivity index (χ0v) is 15.9. The molecule has 148 valence electrons. The Balaban J connectivity index is 1.73. The van der Waals surface area contributed by atoms with Crippen molar-refractivity contribution in [2.75, 3.05) is 13.7 Å². The summed E-state index contributed by atoms with van der Waals surface area (Å²) in [5.41, 5.74) is 1.86. The molecule has 1 saturated heterocycles. The number of amides is 1. The minimum absolute atomic E-state index is 0.170. The van der Waals surface area contributed by atoms with Crippen molar-refractivity contribution in [1.82, 2.24) is 4.90 Å². The molecule has 0 saturated carbocycles. The highest BCUT2D eigenvalue weighted by atomic mass is 16.6. The van der Waals surface area contributed by atoms with Gasteiger partial charge in [-0.3, -0.25) is 4.79 Å². The van der Waals surface area contributed by atoms with E-state index in [0.717, 1.165) is 16.9 Å². The highest BCUT2D eigenvalue weighted by molar-refractivity contribution is 5.74. The number of carbonyl (C=O) groups excluding carboxylic acids is 1. The van der Waals surface area contributed by atoms with Crippen molar-refractivity contribution in [2.45, 2.75) is 31.9 Å². The highest BCUT2D eigenvalue weighted by Crippen LogP contribution is 2.28. The van der Waals surface area contributed by atoms with E-state index in [9.17, 15) is 14.7 Å². The number of ether oxygens (including phenoxy) is 2. The summed E-state index contributed by atoms with van der Waals surface area (Å²) in [5, 5.41) is 9.68. The molecule has 6 nitrogen and oxygen atoms in total. The molecule has 1 N–H and O–H groups in total. The molecule has 0 aromatic heterocycles. The van der Waals surface area contributed by atoms with E-state index in [1.807, 2.05) is 54.6 Å². The number of carboxylic acids is 1. The van der Waals surface area contributed by atoms with Crippen LogP contribution >= 0.6 is 0 Å². The largest absolute Gasteiger partial charge is 0.497 e. The zero-order valence-electron chi connectivity index (χ0n) is 15.9. The van der Waals surface area contributed by atoms with Crippen LogP contribution in [0.15, 0.2) is 54.6 Å². The van der Waals surface area contributed by atoms with Gasteiger partial charge in [0.25, 0.3) is 0 Å². The van der Waals surface area contributed by atoms with Crippen LogP contribution < -0.4 is 4.74 Å². The molecule has 1 heterocycles. The van der Waals surface area contributed by atoms with E-state index in [-0.39, 0.29) is 6.61 Å². The second-order valence-corrected chi connectivity index (χ2v) is 6.94. The van der Waals surface area contributed by atoms with E-state index in [1.54, 1.807) is 12.0 Å². The molecule has 1 amide bonds. The maximum absolute atomic E-state index is 12.7. The number of carbonyl (C=O) groups is 2. The number of carboxylic acid groups (broad SMARTS) is 1. The Labute approximate surface area is 164 Å². The van der Waals surface area contributed by atoms with Gasteiger partial charge in [0, 0.05) is 6.54 Å². The van der Waals surface area contributed by atoms with Crippen LogP contribution in [0.1, 0.15) is 24.0 Å². The van der Waals surface area contributed by atoms with E-state index in [4.69, 9.17) is 9.47 Å². The highest BCUT2D eigenvalue weighted by Gasteiger charge is 2.39. The van der Waals surface area contributed by atoms with Crippen LogP contribution in [0, 0.1) is 5.92 Å². The molecule has 0 bridgehead atoms. The molecule has 1 fully saturated rings. The first-order valence-corrected chi connectivity index (χ1v) is 9.41. The molecule has 28 heavy (non-hydrogen) atoms.